The van der Waals surface area contributed by atoms with Crippen molar-refractivity contribution in [1.82, 2.24) is 0 Å². The molecule has 82 valence electrons. The maximum atomic E-state index is 9.00. The number of rotatable bonds is 2. The molecule has 1 aromatic carbocycles. The summed E-state index contributed by atoms with van der Waals surface area (Å²) in [6.45, 7) is 5.66. The number of nitrogens with two attached hydrogens (primary N) is 2. The first kappa shape index (κ1) is 15.4. The third-order valence-electron chi connectivity index (χ3n) is 1.22. The van der Waals surface area contributed by atoms with Gasteiger partial charge in [0.15, 0.2) is 0 Å². The quantitative estimate of drug-likeness (QED) is 0.717. The maximum absolute atomic E-state index is 9.00. The van der Waals surface area contributed by atoms with Crippen molar-refractivity contribution in [3.8, 4) is 0 Å². The van der Waals surface area contributed by atoms with Crippen LogP contribution in [-0.2, 0) is 11.2 Å². The first-order valence-electron chi connectivity index (χ1n) is 4.15. The van der Waals surface area contributed by atoms with Gasteiger partial charge in [-0.1, -0.05) is 36.4 Å². The van der Waals surface area contributed by atoms with Gasteiger partial charge >= 0.3 is 6.03 Å². The molecule has 0 aliphatic carbocycles. The van der Waals surface area contributed by atoms with E-state index in [0.29, 0.717) is 0 Å². The molecular weight excluding hydrogens is 192 g/mol. The van der Waals surface area contributed by atoms with Gasteiger partial charge in [0.25, 0.3) is 0 Å². The molecule has 4 heteroatoms. The summed E-state index contributed by atoms with van der Waals surface area (Å²) >= 11 is 0. The van der Waals surface area contributed by atoms with Gasteiger partial charge in [0.2, 0.25) is 0 Å². The topological polar surface area (TPSA) is 86.2 Å². The average Bonchev–Trinajstić information content (AvgIpc) is 2.22. The molecule has 0 unspecified atom stereocenters. The Kier molecular flexibility index (Phi) is 12.2. The van der Waals surface area contributed by atoms with Crippen LogP contribution in [0.4, 0.5) is 4.79 Å². The largest absolute Gasteiger partial charge is 0.352 e. The summed E-state index contributed by atoms with van der Waals surface area (Å²) in [6.07, 6.45) is 2.89. The molecule has 0 radical (unpaired) electrons. The van der Waals surface area contributed by atoms with E-state index in [9.17, 15) is 0 Å². The van der Waals surface area contributed by atoms with E-state index in [4.69, 9.17) is 9.59 Å². The standard InChI is InChI=1S/C9H10.CH4N2O.CH2O/c1-2-6-9-7-4-3-5-8-9;2-1(3)4;1-2/h2-5,7-8H,1,6H2;(H4,2,3,4);1H2. The van der Waals surface area contributed by atoms with Crippen molar-refractivity contribution in [2.45, 2.75) is 6.42 Å². The Morgan fingerprint density at radius 1 is 1.20 bits per heavy atom. The van der Waals surface area contributed by atoms with Gasteiger partial charge in [0.1, 0.15) is 6.79 Å². The highest BCUT2D eigenvalue weighted by atomic mass is 16.2. The number of carbonyl (C=O) groups is 2. The number of hydrogen-bond donors (Lipinski definition) is 2. The monoisotopic (exact) mass is 208 g/mol. The zero-order valence-corrected chi connectivity index (χ0v) is 8.56. The minimum atomic E-state index is -0.833. The zero-order valence-electron chi connectivity index (χ0n) is 8.56. The highest BCUT2D eigenvalue weighted by Crippen LogP contribution is 1.98. The molecule has 4 nitrogen and oxygen atoms in total. The molecule has 0 aromatic heterocycles. The Balaban J connectivity index is 0. The number of amides is 2. The van der Waals surface area contributed by atoms with Crippen LogP contribution in [0.15, 0.2) is 43.0 Å². The molecule has 0 aliphatic rings. The molecular formula is C11H16N2O2. The minimum Gasteiger partial charge on any atom is -0.352 e. The van der Waals surface area contributed by atoms with Gasteiger partial charge < -0.3 is 16.3 Å². The van der Waals surface area contributed by atoms with Crippen molar-refractivity contribution in [1.29, 1.82) is 0 Å². The Labute approximate surface area is 89.6 Å². The van der Waals surface area contributed by atoms with Gasteiger partial charge in [0.05, 0.1) is 0 Å². The van der Waals surface area contributed by atoms with Crippen LogP contribution in [0.2, 0.25) is 0 Å². The van der Waals surface area contributed by atoms with Crippen LogP contribution >= 0.6 is 0 Å². The predicted molar refractivity (Wildman–Crippen MR) is 61.2 cm³/mol. The molecule has 0 saturated carbocycles. The Morgan fingerprint density at radius 2 is 1.60 bits per heavy atom. The van der Waals surface area contributed by atoms with Crippen LogP contribution in [0, 0.1) is 0 Å². The second kappa shape index (κ2) is 11.9. The molecule has 2 amide bonds. The molecule has 1 rings (SSSR count). The molecule has 4 N–H and O–H groups in total. The number of allylic oxidation sites excluding steroid dienone is 1. The van der Waals surface area contributed by atoms with Gasteiger partial charge in [-0.2, -0.15) is 0 Å². The number of primary amides is 2. The number of carbonyl (C=O) groups excluding carboxylic acids is 2. The van der Waals surface area contributed by atoms with E-state index in [0.717, 1.165) is 6.42 Å². The van der Waals surface area contributed by atoms with Crippen LogP contribution in [0.25, 0.3) is 0 Å². The van der Waals surface area contributed by atoms with Crippen molar-refractivity contribution in [3.63, 3.8) is 0 Å². The molecule has 0 aliphatic heterocycles. The molecule has 15 heavy (non-hydrogen) atoms. The molecule has 0 saturated heterocycles. The molecule has 0 atom stereocenters. The lowest BCUT2D eigenvalue weighted by Gasteiger charge is -1.91. The summed E-state index contributed by atoms with van der Waals surface area (Å²) in [5.41, 5.74) is 9.83. The molecule has 0 heterocycles. The van der Waals surface area contributed by atoms with E-state index in [1.165, 1.54) is 5.56 Å². The second-order valence-electron chi connectivity index (χ2n) is 2.38. The number of urea groups is 1. The van der Waals surface area contributed by atoms with E-state index in [-0.39, 0.29) is 0 Å². The molecule has 1 aromatic rings. The third-order valence-corrected chi connectivity index (χ3v) is 1.22. The Morgan fingerprint density at radius 3 is 1.93 bits per heavy atom. The van der Waals surface area contributed by atoms with Crippen LogP contribution < -0.4 is 11.5 Å². The zero-order chi connectivity index (χ0) is 12.1. The summed E-state index contributed by atoms with van der Waals surface area (Å²) in [5.74, 6) is 0. The summed E-state index contributed by atoms with van der Waals surface area (Å²) in [4.78, 5) is 17.0. The molecule has 0 spiro atoms. The van der Waals surface area contributed by atoms with E-state index in [2.05, 4.69) is 30.2 Å². The lowest BCUT2D eigenvalue weighted by Crippen LogP contribution is -2.18. The highest BCUT2D eigenvalue weighted by molar-refractivity contribution is 5.69. The minimum absolute atomic E-state index is 0.833. The van der Waals surface area contributed by atoms with E-state index < -0.39 is 6.03 Å². The van der Waals surface area contributed by atoms with E-state index in [1.807, 2.05) is 31.1 Å². The third kappa shape index (κ3) is 14.7. The fraction of sp³-hybridized carbons (Fsp3) is 0.0909. The van der Waals surface area contributed by atoms with Crippen molar-refractivity contribution in [3.05, 3.63) is 48.6 Å². The van der Waals surface area contributed by atoms with Crippen LogP contribution in [0.5, 0.6) is 0 Å². The van der Waals surface area contributed by atoms with Gasteiger partial charge in [-0.25, -0.2) is 4.79 Å². The van der Waals surface area contributed by atoms with Crippen molar-refractivity contribution in [2.24, 2.45) is 11.5 Å². The number of benzene rings is 1. The van der Waals surface area contributed by atoms with Crippen LogP contribution in [-0.4, -0.2) is 12.8 Å². The normalized spacial score (nSPS) is 7.20. The Hall–Kier alpha value is -2.10. The molecule has 0 fully saturated rings. The van der Waals surface area contributed by atoms with E-state index in [1.54, 1.807) is 0 Å². The van der Waals surface area contributed by atoms with Gasteiger partial charge in [0, 0.05) is 0 Å². The van der Waals surface area contributed by atoms with Crippen molar-refractivity contribution in [2.75, 3.05) is 0 Å². The van der Waals surface area contributed by atoms with Crippen molar-refractivity contribution < 1.29 is 9.59 Å². The van der Waals surface area contributed by atoms with Gasteiger partial charge in [-0.15, -0.1) is 6.58 Å². The first-order chi connectivity index (χ1) is 7.16. The molecule has 0 bridgehead atoms. The first-order valence-corrected chi connectivity index (χ1v) is 4.15. The summed E-state index contributed by atoms with van der Waals surface area (Å²) < 4.78 is 0. The maximum Gasteiger partial charge on any atom is 0.309 e. The van der Waals surface area contributed by atoms with Crippen LogP contribution in [0.1, 0.15) is 5.56 Å². The van der Waals surface area contributed by atoms with Gasteiger partial charge in [-0.3, -0.25) is 0 Å². The predicted octanol–water partition coefficient (Wildman–Crippen LogP) is 1.25. The lowest BCUT2D eigenvalue weighted by atomic mass is 10.2. The van der Waals surface area contributed by atoms with E-state index >= 15 is 0 Å². The summed E-state index contributed by atoms with van der Waals surface area (Å²) in [5, 5.41) is 0. The fourth-order valence-corrected chi connectivity index (χ4v) is 0.781. The average molecular weight is 208 g/mol. The lowest BCUT2D eigenvalue weighted by molar-refractivity contribution is -0.0979. The SMILES string of the molecule is C=CCc1ccccc1.C=O.NC(N)=O. The smallest absolute Gasteiger partial charge is 0.309 e. The summed E-state index contributed by atoms with van der Waals surface area (Å²) in [6, 6.07) is 9.47. The van der Waals surface area contributed by atoms with Crippen molar-refractivity contribution >= 4 is 12.8 Å². The fourth-order valence-electron chi connectivity index (χ4n) is 0.781. The highest BCUT2D eigenvalue weighted by Gasteiger charge is 1.82. The van der Waals surface area contributed by atoms with Crippen LogP contribution in [0.3, 0.4) is 0 Å². The Bertz CT molecular complexity index is 269. The number of hydrogen-bond acceptors (Lipinski definition) is 2. The summed E-state index contributed by atoms with van der Waals surface area (Å²) in [7, 11) is 0. The second-order valence-corrected chi connectivity index (χ2v) is 2.38. The van der Waals surface area contributed by atoms with Gasteiger partial charge in [-0.05, 0) is 12.0 Å².